The average molecular weight is 470 g/mol. The minimum atomic E-state index is -0.756. The fourth-order valence-corrected chi connectivity index (χ4v) is 5.17. The van der Waals surface area contributed by atoms with Crippen molar-refractivity contribution >= 4 is 22.5 Å². The molecule has 0 saturated heterocycles. The van der Waals surface area contributed by atoms with Gasteiger partial charge in [-0.25, -0.2) is 0 Å². The lowest BCUT2D eigenvalue weighted by Crippen LogP contribution is -2.52. The predicted molar refractivity (Wildman–Crippen MR) is 140 cm³/mol. The number of nitrogens with one attached hydrogen (secondary N) is 2. The van der Waals surface area contributed by atoms with Crippen molar-refractivity contribution in [2.24, 2.45) is 11.8 Å². The molecule has 1 aromatic heterocycles. The number of aliphatic hydroxyl groups excluding tert-OH is 1. The monoisotopic (exact) mass is 469 g/mol. The highest BCUT2D eigenvalue weighted by Gasteiger charge is 2.35. The molecule has 0 aliphatic carbocycles. The van der Waals surface area contributed by atoms with Crippen molar-refractivity contribution in [2.45, 2.75) is 83.9 Å². The maximum absolute atomic E-state index is 13.1. The zero-order valence-corrected chi connectivity index (χ0v) is 21.9. The van der Waals surface area contributed by atoms with Crippen molar-refractivity contribution < 1.29 is 15.0 Å². The minimum absolute atomic E-state index is 0.0604. The predicted octanol–water partition coefficient (Wildman–Crippen LogP) is 4.29. The smallest absolute Gasteiger partial charge is 0.243 e. The first-order valence-corrected chi connectivity index (χ1v) is 12.5. The Balaban J connectivity index is 2.17. The van der Waals surface area contributed by atoms with Crippen LogP contribution in [0.15, 0.2) is 31.0 Å². The molecule has 0 saturated carbocycles. The van der Waals surface area contributed by atoms with Crippen LogP contribution in [0.25, 0.3) is 10.9 Å². The normalized spacial score (nSPS) is 22.7. The van der Waals surface area contributed by atoms with Gasteiger partial charge in [0.2, 0.25) is 5.91 Å². The second kappa shape index (κ2) is 9.74. The number of aliphatic hydroxyl groups is 2. The lowest BCUT2D eigenvalue weighted by atomic mass is 9.74. The van der Waals surface area contributed by atoms with Crippen LogP contribution in [0.3, 0.4) is 0 Å². The second-order valence-electron chi connectivity index (χ2n) is 11.2. The Bertz CT molecular complexity index is 1040. The number of likely N-dealkylation sites (N-methyl/N-ethyl adjacent to an activating group) is 1. The third-order valence-electron chi connectivity index (χ3n) is 8.09. The maximum atomic E-state index is 13.1. The molecule has 4 N–H and O–H groups in total. The van der Waals surface area contributed by atoms with Gasteiger partial charge in [0.05, 0.1) is 23.8 Å². The summed E-state index contributed by atoms with van der Waals surface area (Å²) in [5.74, 6) is 0.191. The Labute approximate surface area is 204 Å². The molecule has 2 aromatic rings. The lowest BCUT2D eigenvalue weighted by molar-refractivity contribution is -0.124. The number of amides is 1. The van der Waals surface area contributed by atoms with Crippen molar-refractivity contribution in [1.29, 1.82) is 0 Å². The number of allylic oxidation sites excluding steroid dienone is 1. The van der Waals surface area contributed by atoms with Crippen molar-refractivity contribution in [3.05, 3.63) is 42.1 Å². The number of hydrogen-bond donors (Lipinski definition) is 4. The molecule has 6 heteroatoms. The molecule has 1 unspecified atom stereocenters. The van der Waals surface area contributed by atoms with E-state index in [-0.39, 0.29) is 41.8 Å². The number of nitrogens with zero attached hydrogens (tertiary/aromatic N) is 1. The number of benzene rings is 1. The van der Waals surface area contributed by atoms with Crippen LogP contribution in [-0.2, 0) is 16.6 Å². The molecular formula is C28H43N3O3. The van der Waals surface area contributed by atoms with Gasteiger partial charge < -0.3 is 25.4 Å². The molecule has 1 aliphatic heterocycles. The molecule has 1 amide bonds. The van der Waals surface area contributed by atoms with Gasteiger partial charge >= 0.3 is 0 Å². The zero-order chi connectivity index (χ0) is 25.4. The number of carbonyl (C=O) groups excluding carboxylic acids is 1. The van der Waals surface area contributed by atoms with Gasteiger partial charge in [-0.05, 0) is 55.2 Å². The van der Waals surface area contributed by atoms with E-state index in [0.29, 0.717) is 12.8 Å². The molecule has 34 heavy (non-hydrogen) atoms. The number of H-pyrrole nitrogens is 1. The quantitative estimate of drug-likeness (QED) is 0.434. The van der Waals surface area contributed by atoms with Gasteiger partial charge in [-0.3, -0.25) is 4.79 Å². The van der Waals surface area contributed by atoms with E-state index >= 15 is 0 Å². The highest BCUT2D eigenvalue weighted by atomic mass is 16.3. The molecule has 4 atom stereocenters. The SMILES string of the molecule is C=C[C@@](C)(CCC(C)(O)C(C)C)c1ccc2c3c(c[nH]c13)C[C@@H](CO)NC(=O)[C@H](C(C)C)N2C. The number of hydrogen-bond acceptors (Lipinski definition) is 4. The molecule has 0 spiro atoms. The van der Waals surface area contributed by atoms with Crippen LogP contribution in [0, 0.1) is 11.8 Å². The summed E-state index contributed by atoms with van der Waals surface area (Å²) in [6.07, 6.45) is 5.95. The first-order chi connectivity index (χ1) is 15.9. The van der Waals surface area contributed by atoms with Gasteiger partial charge in [0.1, 0.15) is 6.04 Å². The van der Waals surface area contributed by atoms with E-state index in [9.17, 15) is 15.0 Å². The van der Waals surface area contributed by atoms with E-state index in [1.54, 1.807) is 0 Å². The van der Waals surface area contributed by atoms with Crippen LogP contribution in [0.4, 0.5) is 5.69 Å². The van der Waals surface area contributed by atoms with Crippen molar-refractivity contribution in [3.8, 4) is 0 Å². The molecule has 2 heterocycles. The third-order valence-corrected chi connectivity index (χ3v) is 8.09. The molecule has 188 valence electrons. The Hall–Kier alpha value is -2.31. The van der Waals surface area contributed by atoms with E-state index in [0.717, 1.165) is 34.1 Å². The minimum Gasteiger partial charge on any atom is -0.394 e. The molecule has 6 nitrogen and oxygen atoms in total. The van der Waals surface area contributed by atoms with E-state index in [2.05, 4.69) is 40.8 Å². The summed E-state index contributed by atoms with van der Waals surface area (Å²) < 4.78 is 0. The summed E-state index contributed by atoms with van der Waals surface area (Å²) in [4.78, 5) is 18.7. The van der Waals surface area contributed by atoms with Crippen LogP contribution in [-0.4, -0.2) is 52.4 Å². The largest absolute Gasteiger partial charge is 0.394 e. The highest BCUT2D eigenvalue weighted by molar-refractivity contribution is 6.00. The van der Waals surface area contributed by atoms with Crippen LogP contribution >= 0.6 is 0 Å². The molecule has 3 rings (SSSR count). The number of rotatable bonds is 8. The first-order valence-electron chi connectivity index (χ1n) is 12.5. The molecule has 0 fully saturated rings. The summed E-state index contributed by atoms with van der Waals surface area (Å²) in [6.45, 7) is 16.3. The summed E-state index contributed by atoms with van der Waals surface area (Å²) >= 11 is 0. The Morgan fingerprint density at radius 3 is 2.47 bits per heavy atom. The maximum Gasteiger partial charge on any atom is 0.243 e. The van der Waals surface area contributed by atoms with Crippen molar-refractivity contribution in [2.75, 3.05) is 18.6 Å². The average Bonchev–Trinajstić information content (AvgIpc) is 3.20. The first kappa shape index (κ1) is 26.3. The zero-order valence-electron chi connectivity index (χ0n) is 21.9. The molecule has 0 radical (unpaired) electrons. The molecule has 0 bridgehead atoms. The van der Waals surface area contributed by atoms with E-state index in [1.165, 1.54) is 0 Å². The van der Waals surface area contributed by atoms with E-state index in [4.69, 9.17) is 0 Å². The van der Waals surface area contributed by atoms with Gasteiger partial charge in [0.15, 0.2) is 0 Å². The van der Waals surface area contributed by atoms with E-state index in [1.807, 2.05) is 53.9 Å². The van der Waals surface area contributed by atoms with Crippen molar-refractivity contribution in [1.82, 2.24) is 10.3 Å². The fraction of sp³-hybridized carbons (Fsp3) is 0.607. The topological polar surface area (TPSA) is 88.6 Å². The summed E-state index contributed by atoms with van der Waals surface area (Å²) in [6, 6.07) is 3.55. The van der Waals surface area contributed by atoms with Crippen LogP contribution in [0.5, 0.6) is 0 Å². The van der Waals surface area contributed by atoms with Crippen molar-refractivity contribution in [3.63, 3.8) is 0 Å². The van der Waals surface area contributed by atoms with Crippen LogP contribution < -0.4 is 10.2 Å². The van der Waals surface area contributed by atoms with Gasteiger partial charge in [0, 0.05) is 29.7 Å². The Morgan fingerprint density at radius 1 is 1.24 bits per heavy atom. The second-order valence-corrected chi connectivity index (χ2v) is 11.2. The number of aromatic nitrogens is 1. The standard InChI is InChI=1S/C28H43N3O3/c1-9-27(6,12-13-28(7,34)18(4)5)21-10-11-22-23-19(15-29-24(21)23)14-20(16-32)30-26(33)25(17(2)3)31(22)8/h9-11,15,17-18,20,25,29,32,34H,1,12-14,16H2,2-8H3,(H,30,33)/t20-,25-,27-,28?/m0/s1. The summed E-state index contributed by atoms with van der Waals surface area (Å²) in [7, 11) is 1.97. The van der Waals surface area contributed by atoms with Gasteiger partial charge in [-0.1, -0.05) is 46.8 Å². The summed E-state index contributed by atoms with van der Waals surface area (Å²) in [5, 5.41) is 25.0. The number of aromatic amines is 1. The Kier molecular flexibility index (Phi) is 7.54. The van der Waals surface area contributed by atoms with E-state index < -0.39 is 5.60 Å². The molecule has 1 aromatic carbocycles. The number of carbonyl (C=O) groups is 1. The van der Waals surface area contributed by atoms with Gasteiger partial charge in [0.25, 0.3) is 0 Å². The number of anilines is 1. The third kappa shape index (κ3) is 4.76. The Morgan fingerprint density at radius 2 is 1.91 bits per heavy atom. The molecule has 1 aliphatic rings. The van der Waals surface area contributed by atoms with Crippen LogP contribution in [0.2, 0.25) is 0 Å². The summed E-state index contributed by atoms with van der Waals surface area (Å²) in [5.41, 5.74) is 3.12. The lowest BCUT2D eigenvalue weighted by Gasteiger charge is -2.35. The van der Waals surface area contributed by atoms with Crippen LogP contribution in [0.1, 0.15) is 65.5 Å². The fourth-order valence-electron chi connectivity index (χ4n) is 5.17. The molecular weight excluding hydrogens is 426 g/mol. The van der Waals surface area contributed by atoms with Gasteiger partial charge in [-0.15, -0.1) is 6.58 Å². The highest BCUT2D eigenvalue weighted by Crippen LogP contribution is 2.42. The van der Waals surface area contributed by atoms with Gasteiger partial charge in [-0.2, -0.15) is 0 Å².